The Morgan fingerprint density at radius 3 is 2.43 bits per heavy atom. The molecule has 0 aliphatic heterocycles. The first-order valence-electron chi connectivity index (χ1n) is 8.93. The van der Waals surface area contributed by atoms with Crippen LogP contribution in [0.3, 0.4) is 0 Å². The molecule has 2 saturated carbocycles. The smallest absolute Gasteiger partial charge is 0.318 e. The average molecular weight is 316 g/mol. The zero-order valence-corrected chi connectivity index (χ0v) is 13.9. The summed E-state index contributed by atoms with van der Waals surface area (Å²) in [6.45, 7) is 2.96. The van der Waals surface area contributed by atoms with Crippen LogP contribution in [0, 0.1) is 5.92 Å². The maximum Gasteiger partial charge on any atom is 0.318 e. The Bertz CT molecular complexity index is 507. The van der Waals surface area contributed by atoms with E-state index in [-0.39, 0.29) is 24.2 Å². The second-order valence-corrected chi connectivity index (χ2v) is 7.14. The Hall–Kier alpha value is -1.55. The van der Waals surface area contributed by atoms with Crippen molar-refractivity contribution in [2.75, 3.05) is 6.54 Å². The number of rotatable bonds is 5. The van der Waals surface area contributed by atoms with Crippen molar-refractivity contribution in [1.82, 2.24) is 10.2 Å². The number of urea groups is 1. The van der Waals surface area contributed by atoms with Gasteiger partial charge in [0.05, 0.1) is 12.1 Å². The van der Waals surface area contributed by atoms with E-state index in [0.29, 0.717) is 5.92 Å². The van der Waals surface area contributed by atoms with Gasteiger partial charge in [-0.1, -0.05) is 30.3 Å². The van der Waals surface area contributed by atoms with Gasteiger partial charge in [0.2, 0.25) is 0 Å². The van der Waals surface area contributed by atoms with Crippen molar-refractivity contribution >= 4 is 6.03 Å². The van der Waals surface area contributed by atoms with Crippen molar-refractivity contribution in [3.63, 3.8) is 0 Å². The molecular weight excluding hydrogens is 288 g/mol. The lowest BCUT2D eigenvalue weighted by molar-refractivity contribution is 0.113. The number of carbonyl (C=O) groups is 1. The topological polar surface area (TPSA) is 52.6 Å². The van der Waals surface area contributed by atoms with Crippen LogP contribution in [0.1, 0.15) is 57.1 Å². The molecular formula is C19H28N2O2. The molecule has 4 nitrogen and oxygen atoms in total. The quantitative estimate of drug-likeness (QED) is 0.874. The van der Waals surface area contributed by atoms with E-state index in [4.69, 9.17) is 0 Å². The van der Waals surface area contributed by atoms with Crippen molar-refractivity contribution in [2.45, 2.75) is 63.6 Å². The van der Waals surface area contributed by atoms with E-state index in [9.17, 15) is 9.90 Å². The normalized spacial score (nSPS) is 25.7. The second kappa shape index (κ2) is 7.35. The number of hydrogen-bond donors (Lipinski definition) is 2. The van der Waals surface area contributed by atoms with Gasteiger partial charge in [-0.2, -0.15) is 0 Å². The van der Waals surface area contributed by atoms with Crippen molar-refractivity contribution < 1.29 is 9.90 Å². The molecule has 0 aromatic heterocycles. The second-order valence-electron chi connectivity index (χ2n) is 7.14. The standard InChI is InChI=1S/C19H28N2O2/c1-14(16-5-3-2-4-6-16)21(13-15-7-8-15)19(23)20-17-9-11-18(22)12-10-17/h2-6,14-15,17-18,22H,7-13H2,1H3,(H,20,23). The predicted octanol–water partition coefficient (Wildman–Crippen LogP) is 3.47. The van der Waals surface area contributed by atoms with Crippen LogP contribution in [-0.2, 0) is 0 Å². The first kappa shape index (κ1) is 16.3. The van der Waals surface area contributed by atoms with Crippen LogP contribution < -0.4 is 5.32 Å². The molecule has 0 radical (unpaired) electrons. The summed E-state index contributed by atoms with van der Waals surface area (Å²) >= 11 is 0. The molecule has 0 heterocycles. The number of nitrogens with zero attached hydrogens (tertiary/aromatic N) is 1. The van der Waals surface area contributed by atoms with E-state index in [0.717, 1.165) is 32.2 Å². The predicted molar refractivity (Wildman–Crippen MR) is 91.1 cm³/mol. The minimum Gasteiger partial charge on any atom is -0.393 e. The van der Waals surface area contributed by atoms with Gasteiger partial charge in [-0.05, 0) is 56.9 Å². The molecule has 2 N–H and O–H groups in total. The van der Waals surface area contributed by atoms with E-state index in [1.165, 1.54) is 18.4 Å². The molecule has 1 unspecified atom stereocenters. The number of aliphatic hydroxyl groups excluding tert-OH is 1. The number of benzene rings is 1. The molecule has 0 bridgehead atoms. The molecule has 1 atom stereocenters. The fourth-order valence-electron chi connectivity index (χ4n) is 3.38. The van der Waals surface area contributed by atoms with Crippen LogP contribution in [0.25, 0.3) is 0 Å². The third kappa shape index (κ3) is 4.47. The van der Waals surface area contributed by atoms with Crippen LogP contribution in [-0.4, -0.2) is 34.7 Å². The molecule has 3 rings (SSSR count). The summed E-state index contributed by atoms with van der Waals surface area (Å²) in [5.41, 5.74) is 1.18. The number of amides is 2. The zero-order chi connectivity index (χ0) is 16.2. The summed E-state index contributed by atoms with van der Waals surface area (Å²) < 4.78 is 0. The maximum absolute atomic E-state index is 12.8. The van der Waals surface area contributed by atoms with Crippen LogP contribution in [0.5, 0.6) is 0 Å². The Morgan fingerprint density at radius 1 is 1.17 bits per heavy atom. The minimum absolute atomic E-state index is 0.0506. The van der Waals surface area contributed by atoms with Crippen molar-refractivity contribution in [2.24, 2.45) is 5.92 Å². The fraction of sp³-hybridized carbons (Fsp3) is 0.632. The first-order valence-corrected chi connectivity index (χ1v) is 8.93. The lowest BCUT2D eigenvalue weighted by Gasteiger charge is -2.33. The van der Waals surface area contributed by atoms with Crippen LogP contribution in [0.4, 0.5) is 4.79 Å². The summed E-state index contributed by atoms with van der Waals surface area (Å²) in [5.74, 6) is 0.667. The highest BCUT2D eigenvalue weighted by molar-refractivity contribution is 5.75. The highest BCUT2D eigenvalue weighted by Gasteiger charge is 2.31. The third-order valence-electron chi connectivity index (χ3n) is 5.19. The lowest BCUT2D eigenvalue weighted by atomic mass is 9.93. The molecule has 126 valence electrons. The zero-order valence-electron chi connectivity index (χ0n) is 13.9. The van der Waals surface area contributed by atoms with Gasteiger partial charge < -0.3 is 15.3 Å². The van der Waals surface area contributed by atoms with E-state index in [1.807, 2.05) is 23.1 Å². The van der Waals surface area contributed by atoms with Gasteiger partial charge >= 0.3 is 6.03 Å². The van der Waals surface area contributed by atoms with Crippen LogP contribution in [0.2, 0.25) is 0 Å². The van der Waals surface area contributed by atoms with E-state index < -0.39 is 0 Å². The number of aliphatic hydroxyl groups is 1. The fourth-order valence-corrected chi connectivity index (χ4v) is 3.38. The van der Waals surface area contributed by atoms with Crippen molar-refractivity contribution in [1.29, 1.82) is 0 Å². The van der Waals surface area contributed by atoms with Gasteiger partial charge in [-0.15, -0.1) is 0 Å². The Labute approximate surface area is 138 Å². The van der Waals surface area contributed by atoms with Gasteiger partial charge in [-0.25, -0.2) is 4.79 Å². The van der Waals surface area contributed by atoms with E-state index in [1.54, 1.807) is 0 Å². The first-order chi connectivity index (χ1) is 11.1. The summed E-state index contributed by atoms with van der Waals surface area (Å²) in [5, 5.41) is 12.8. The molecule has 4 heteroatoms. The van der Waals surface area contributed by atoms with Crippen molar-refractivity contribution in [3.05, 3.63) is 35.9 Å². The molecule has 1 aromatic carbocycles. The number of hydrogen-bond acceptors (Lipinski definition) is 2. The number of nitrogens with one attached hydrogen (secondary N) is 1. The van der Waals surface area contributed by atoms with E-state index in [2.05, 4.69) is 24.4 Å². The Kier molecular flexibility index (Phi) is 5.21. The molecule has 1 aromatic rings. The van der Waals surface area contributed by atoms with Gasteiger partial charge in [0.25, 0.3) is 0 Å². The van der Waals surface area contributed by atoms with Crippen LogP contribution in [0.15, 0.2) is 30.3 Å². The highest BCUT2D eigenvalue weighted by Crippen LogP contribution is 2.33. The minimum atomic E-state index is -0.186. The van der Waals surface area contributed by atoms with Gasteiger partial charge in [0.1, 0.15) is 0 Å². The summed E-state index contributed by atoms with van der Waals surface area (Å²) in [4.78, 5) is 14.8. The summed E-state index contributed by atoms with van der Waals surface area (Å²) in [7, 11) is 0. The van der Waals surface area contributed by atoms with Crippen molar-refractivity contribution in [3.8, 4) is 0 Å². The largest absolute Gasteiger partial charge is 0.393 e. The monoisotopic (exact) mass is 316 g/mol. The Morgan fingerprint density at radius 2 is 1.83 bits per heavy atom. The molecule has 2 fully saturated rings. The SMILES string of the molecule is CC(c1ccccc1)N(CC1CC1)C(=O)NC1CCC(O)CC1. The molecule has 2 aliphatic rings. The van der Waals surface area contributed by atoms with E-state index >= 15 is 0 Å². The average Bonchev–Trinajstić information content (AvgIpc) is 3.39. The maximum atomic E-state index is 12.8. The molecule has 23 heavy (non-hydrogen) atoms. The lowest BCUT2D eigenvalue weighted by Crippen LogP contribution is -2.47. The molecule has 0 spiro atoms. The summed E-state index contributed by atoms with van der Waals surface area (Å²) in [6.07, 6.45) is 5.63. The number of carbonyl (C=O) groups excluding carboxylic acids is 1. The van der Waals surface area contributed by atoms with Gasteiger partial charge in [0.15, 0.2) is 0 Å². The molecule has 2 amide bonds. The highest BCUT2D eigenvalue weighted by atomic mass is 16.3. The van der Waals surface area contributed by atoms with Gasteiger partial charge in [0, 0.05) is 12.6 Å². The third-order valence-corrected chi connectivity index (χ3v) is 5.19. The van der Waals surface area contributed by atoms with Gasteiger partial charge in [-0.3, -0.25) is 0 Å². The van der Waals surface area contributed by atoms with Crippen LogP contribution >= 0.6 is 0 Å². The molecule has 0 saturated heterocycles. The molecule has 2 aliphatic carbocycles. The Balaban J connectivity index is 1.64. The summed E-state index contributed by atoms with van der Waals surface area (Å²) in [6, 6.07) is 10.6.